The molecule has 7 nitrogen and oxygen atoms in total. The number of piperazine rings is 1. The number of fused-ring (bicyclic) bond motifs is 1. The Balaban J connectivity index is 1.16. The van der Waals surface area contributed by atoms with Crippen molar-refractivity contribution in [2.24, 2.45) is 0 Å². The molecule has 5 rings (SSSR count). The SMILES string of the molecule is O=C(CS(=O)(=O)c1ccc2ccccc2c1)Nc1ccc(N2CCN(C(=O)c3cccc(F)c3)CC2)cc1. The lowest BCUT2D eigenvalue weighted by Crippen LogP contribution is -2.48. The first kappa shape index (κ1) is 25.4. The van der Waals surface area contributed by atoms with Gasteiger partial charge in [0.1, 0.15) is 11.6 Å². The lowest BCUT2D eigenvalue weighted by Gasteiger charge is -2.36. The standard InChI is InChI=1S/C29H26FN3O4S/c30-24-7-3-6-23(18-24)29(35)33-16-14-32(15-17-33)26-11-9-25(10-12-26)31-28(34)20-38(36,37)27-13-8-21-4-1-2-5-22(21)19-27/h1-13,18-19H,14-17,20H2,(H,31,34). The lowest BCUT2D eigenvalue weighted by atomic mass is 10.1. The predicted molar refractivity (Wildman–Crippen MR) is 146 cm³/mol. The normalized spacial score (nSPS) is 13.9. The van der Waals surface area contributed by atoms with Crippen molar-refractivity contribution in [1.29, 1.82) is 0 Å². The maximum absolute atomic E-state index is 13.5. The minimum Gasteiger partial charge on any atom is -0.368 e. The van der Waals surface area contributed by atoms with Crippen LogP contribution >= 0.6 is 0 Å². The average molecular weight is 532 g/mol. The number of benzene rings is 4. The van der Waals surface area contributed by atoms with Gasteiger partial charge >= 0.3 is 0 Å². The van der Waals surface area contributed by atoms with Gasteiger partial charge in [-0.1, -0.05) is 36.4 Å². The molecule has 194 valence electrons. The van der Waals surface area contributed by atoms with Gasteiger partial charge in [-0.3, -0.25) is 9.59 Å². The van der Waals surface area contributed by atoms with E-state index in [-0.39, 0.29) is 10.8 Å². The molecule has 0 atom stereocenters. The Bertz CT molecular complexity index is 1600. The van der Waals surface area contributed by atoms with E-state index in [0.29, 0.717) is 37.4 Å². The third-order valence-corrected chi connectivity index (χ3v) is 8.17. The summed E-state index contributed by atoms with van der Waals surface area (Å²) in [4.78, 5) is 29.1. The molecule has 0 aromatic heterocycles. The summed E-state index contributed by atoms with van der Waals surface area (Å²) in [6.07, 6.45) is 0. The zero-order valence-corrected chi connectivity index (χ0v) is 21.3. The maximum Gasteiger partial charge on any atom is 0.254 e. The van der Waals surface area contributed by atoms with Crippen LogP contribution in [0.5, 0.6) is 0 Å². The molecule has 2 amide bonds. The Morgan fingerprint density at radius 1 is 0.789 bits per heavy atom. The molecule has 1 aliphatic heterocycles. The van der Waals surface area contributed by atoms with E-state index < -0.39 is 27.3 Å². The summed E-state index contributed by atoms with van der Waals surface area (Å²) in [7, 11) is -3.80. The third kappa shape index (κ3) is 5.68. The van der Waals surface area contributed by atoms with Gasteiger partial charge in [0, 0.05) is 43.1 Å². The second-order valence-corrected chi connectivity index (χ2v) is 11.1. The summed E-state index contributed by atoms with van der Waals surface area (Å²) >= 11 is 0. The number of hydrogen-bond acceptors (Lipinski definition) is 5. The van der Waals surface area contributed by atoms with Crippen molar-refractivity contribution < 1.29 is 22.4 Å². The summed E-state index contributed by atoms with van der Waals surface area (Å²) < 4.78 is 39.1. The summed E-state index contributed by atoms with van der Waals surface area (Å²) in [5.41, 5.74) is 1.75. The van der Waals surface area contributed by atoms with Crippen LogP contribution in [0.4, 0.5) is 15.8 Å². The quantitative estimate of drug-likeness (QED) is 0.400. The first-order chi connectivity index (χ1) is 18.3. The van der Waals surface area contributed by atoms with Crippen molar-refractivity contribution in [2.75, 3.05) is 42.1 Å². The maximum atomic E-state index is 13.5. The van der Waals surface area contributed by atoms with Crippen LogP contribution in [0.1, 0.15) is 10.4 Å². The van der Waals surface area contributed by atoms with Gasteiger partial charge in [-0.25, -0.2) is 12.8 Å². The number of nitrogens with one attached hydrogen (secondary N) is 1. The second-order valence-electron chi connectivity index (χ2n) is 9.15. The Morgan fingerprint density at radius 3 is 2.21 bits per heavy atom. The molecule has 1 saturated heterocycles. The van der Waals surface area contributed by atoms with Crippen molar-refractivity contribution >= 4 is 43.8 Å². The molecule has 4 aromatic rings. The van der Waals surface area contributed by atoms with Crippen LogP contribution in [-0.4, -0.2) is 57.1 Å². The van der Waals surface area contributed by atoms with E-state index in [4.69, 9.17) is 0 Å². The topological polar surface area (TPSA) is 86.8 Å². The number of carbonyl (C=O) groups is 2. The summed E-state index contributed by atoms with van der Waals surface area (Å²) in [6.45, 7) is 2.22. The zero-order valence-electron chi connectivity index (χ0n) is 20.5. The molecule has 0 bridgehead atoms. The highest BCUT2D eigenvalue weighted by atomic mass is 32.2. The van der Waals surface area contributed by atoms with E-state index in [9.17, 15) is 22.4 Å². The van der Waals surface area contributed by atoms with Crippen LogP contribution in [0.15, 0.2) is 95.9 Å². The van der Waals surface area contributed by atoms with Crippen molar-refractivity contribution in [3.05, 3.63) is 102 Å². The van der Waals surface area contributed by atoms with Gasteiger partial charge in [0.25, 0.3) is 5.91 Å². The molecular formula is C29H26FN3O4S. The fourth-order valence-corrected chi connectivity index (χ4v) is 5.71. The van der Waals surface area contributed by atoms with Crippen LogP contribution < -0.4 is 10.2 Å². The molecule has 4 aromatic carbocycles. The fourth-order valence-electron chi connectivity index (χ4n) is 4.54. The minimum atomic E-state index is -3.80. The number of halogens is 1. The number of hydrogen-bond donors (Lipinski definition) is 1. The molecule has 9 heteroatoms. The molecule has 0 radical (unpaired) electrons. The van der Waals surface area contributed by atoms with Crippen LogP contribution in [0.2, 0.25) is 0 Å². The van der Waals surface area contributed by atoms with E-state index in [0.717, 1.165) is 16.5 Å². The Hall–Kier alpha value is -4.24. The molecule has 1 heterocycles. The highest BCUT2D eigenvalue weighted by Crippen LogP contribution is 2.22. The number of sulfone groups is 1. The van der Waals surface area contributed by atoms with Crippen molar-refractivity contribution in [1.82, 2.24) is 4.90 Å². The van der Waals surface area contributed by atoms with Crippen molar-refractivity contribution in [2.45, 2.75) is 4.90 Å². The third-order valence-electron chi connectivity index (χ3n) is 6.56. The highest BCUT2D eigenvalue weighted by Gasteiger charge is 2.23. The van der Waals surface area contributed by atoms with Gasteiger partial charge in [0.05, 0.1) is 4.90 Å². The molecule has 0 aliphatic carbocycles. The smallest absolute Gasteiger partial charge is 0.254 e. The summed E-state index contributed by atoms with van der Waals surface area (Å²) in [6, 6.07) is 25.1. The number of carbonyl (C=O) groups excluding carboxylic acids is 2. The highest BCUT2D eigenvalue weighted by molar-refractivity contribution is 7.92. The van der Waals surface area contributed by atoms with Gasteiger partial charge < -0.3 is 15.1 Å². The monoisotopic (exact) mass is 531 g/mol. The Morgan fingerprint density at radius 2 is 1.50 bits per heavy atom. The lowest BCUT2D eigenvalue weighted by molar-refractivity contribution is -0.113. The van der Waals surface area contributed by atoms with E-state index >= 15 is 0 Å². The van der Waals surface area contributed by atoms with Gasteiger partial charge in [-0.15, -0.1) is 0 Å². The molecule has 38 heavy (non-hydrogen) atoms. The van der Waals surface area contributed by atoms with Gasteiger partial charge in [0.2, 0.25) is 5.91 Å². The predicted octanol–water partition coefficient (Wildman–Crippen LogP) is 4.35. The Kier molecular flexibility index (Phi) is 7.11. The second kappa shape index (κ2) is 10.6. The first-order valence-electron chi connectivity index (χ1n) is 12.2. The van der Waals surface area contributed by atoms with E-state index in [1.807, 2.05) is 36.4 Å². The molecule has 1 N–H and O–H groups in total. The molecular weight excluding hydrogens is 505 g/mol. The van der Waals surface area contributed by atoms with Crippen LogP contribution in [-0.2, 0) is 14.6 Å². The number of rotatable bonds is 6. The van der Waals surface area contributed by atoms with Gasteiger partial charge in [0.15, 0.2) is 9.84 Å². The van der Waals surface area contributed by atoms with E-state index in [2.05, 4.69) is 10.2 Å². The molecule has 1 aliphatic rings. The first-order valence-corrected chi connectivity index (χ1v) is 13.8. The van der Waals surface area contributed by atoms with Crippen molar-refractivity contribution in [3.8, 4) is 0 Å². The van der Waals surface area contributed by atoms with Gasteiger partial charge in [-0.2, -0.15) is 0 Å². The van der Waals surface area contributed by atoms with E-state index in [1.54, 1.807) is 35.2 Å². The van der Waals surface area contributed by atoms with E-state index in [1.165, 1.54) is 24.3 Å². The van der Waals surface area contributed by atoms with Crippen molar-refractivity contribution in [3.63, 3.8) is 0 Å². The largest absolute Gasteiger partial charge is 0.368 e. The van der Waals surface area contributed by atoms with Crippen LogP contribution in [0.25, 0.3) is 10.8 Å². The fraction of sp³-hybridized carbons (Fsp3) is 0.172. The molecule has 0 spiro atoms. The minimum absolute atomic E-state index is 0.108. The Labute approximate surface area is 220 Å². The number of anilines is 2. The average Bonchev–Trinajstić information content (AvgIpc) is 2.92. The van der Waals surface area contributed by atoms with Gasteiger partial charge in [-0.05, 0) is 65.4 Å². The van der Waals surface area contributed by atoms with Crippen LogP contribution in [0, 0.1) is 5.82 Å². The molecule has 0 unspecified atom stereocenters. The molecule has 0 saturated carbocycles. The molecule has 1 fully saturated rings. The zero-order chi connectivity index (χ0) is 26.7. The number of nitrogens with zero attached hydrogens (tertiary/aromatic N) is 2. The summed E-state index contributed by atoms with van der Waals surface area (Å²) in [5.74, 6) is -1.90. The summed E-state index contributed by atoms with van der Waals surface area (Å²) in [5, 5.41) is 4.38. The number of amides is 2. The van der Waals surface area contributed by atoms with Crippen LogP contribution in [0.3, 0.4) is 0 Å².